The SMILES string of the molecule is CCOCC(=O)NCc1cccc(N)c1C. The molecule has 0 radical (unpaired) electrons. The summed E-state index contributed by atoms with van der Waals surface area (Å²) in [5.41, 5.74) is 8.56. The van der Waals surface area contributed by atoms with Gasteiger partial charge in [-0.15, -0.1) is 0 Å². The molecule has 0 spiro atoms. The van der Waals surface area contributed by atoms with Crippen LogP contribution in [0, 0.1) is 6.92 Å². The van der Waals surface area contributed by atoms with E-state index in [1.165, 1.54) is 0 Å². The Labute approximate surface area is 95.8 Å². The number of hydrogen-bond donors (Lipinski definition) is 2. The van der Waals surface area contributed by atoms with E-state index in [9.17, 15) is 4.79 Å². The fourth-order valence-corrected chi connectivity index (χ4v) is 1.33. The lowest BCUT2D eigenvalue weighted by atomic mass is 10.1. The number of ether oxygens (including phenoxy) is 1. The number of hydrogen-bond acceptors (Lipinski definition) is 3. The van der Waals surface area contributed by atoms with Gasteiger partial charge in [-0.05, 0) is 31.0 Å². The van der Waals surface area contributed by atoms with Gasteiger partial charge >= 0.3 is 0 Å². The summed E-state index contributed by atoms with van der Waals surface area (Å²) < 4.78 is 5.00. The standard InChI is InChI=1S/C12H18N2O2/c1-3-16-8-12(15)14-7-10-5-4-6-11(13)9(10)2/h4-6H,3,7-8,13H2,1-2H3,(H,14,15). The third kappa shape index (κ3) is 3.55. The van der Waals surface area contributed by atoms with Crippen molar-refractivity contribution in [3.8, 4) is 0 Å². The van der Waals surface area contributed by atoms with Gasteiger partial charge in [0.25, 0.3) is 0 Å². The number of anilines is 1. The van der Waals surface area contributed by atoms with E-state index in [2.05, 4.69) is 5.32 Å². The van der Waals surface area contributed by atoms with E-state index in [1.54, 1.807) is 0 Å². The average molecular weight is 222 g/mol. The highest BCUT2D eigenvalue weighted by molar-refractivity contribution is 5.77. The number of carbonyl (C=O) groups excluding carboxylic acids is 1. The first kappa shape index (κ1) is 12.5. The molecule has 1 amide bonds. The van der Waals surface area contributed by atoms with E-state index < -0.39 is 0 Å². The summed E-state index contributed by atoms with van der Waals surface area (Å²) in [4.78, 5) is 11.3. The van der Waals surface area contributed by atoms with Crippen LogP contribution in [0.25, 0.3) is 0 Å². The van der Waals surface area contributed by atoms with Gasteiger partial charge in [0, 0.05) is 18.8 Å². The van der Waals surface area contributed by atoms with Crippen LogP contribution in [-0.2, 0) is 16.1 Å². The van der Waals surface area contributed by atoms with E-state index in [0.29, 0.717) is 13.2 Å². The molecule has 88 valence electrons. The second-order valence-electron chi connectivity index (χ2n) is 3.55. The number of amides is 1. The first-order valence-electron chi connectivity index (χ1n) is 5.33. The van der Waals surface area contributed by atoms with Crippen LogP contribution in [0.15, 0.2) is 18.2 Å². The maximum absolute atomic E-state index is 11.3. The maximum atomic E-state index is 11.3. The normalized spacial score (nSPS) is 10.1. The van der Waals surface area contributed by atoms with Gasteiger partial charge in [-0.25, -0.2) is 0 Å². The summed E-state index contributed by atoms with van der Waals surface area (Å²) in [6.45, 7) is 4.94. The molecule has 0 aliphatic heterocycles. The molecule has 16 heavy (non-hydrogen) atoms. The Bertz CT molecular complexity index is 364. The summed E-state index contributed by atoms with van der Waals surface area (Å²) in [7, 11) is 0. The van der Waals surface area contributed by atoms with Crippen LogP contribution < -0.4 is 11.1 Å². The Morgan fingerprint density at radius 2 is 2.25 bits per heavy atom. The zero-order valence-electron chi connectivity index (χ0n) is 9.75. The summed E-state index contributed by atoms with van der Waals surface area (Å²) in [6, 6.07) is 5.68. The van der Waals surface area contributed by atoms with E-state index in [0.717, 1.165) is 16.8 Å². The first-order chi connectivity index (χ1) is 7.65. The fourth-order valence-electron chi connectivity index (χ4n) is 1.33. The molecule has 1 aromatic carbocycles. The van der Waals surface area contributed by atoms with Crippen LogP contribution in [0.5, 0.6) is 0 Å². The van der Waals surface area contributed by atoms with Crippen molar-refractivity contribution in [2.45, 2.75) is 20.4 Å². The number of nitrogen functional groups attached to an aromatic ring is 1. The van der Waals surface area contributed by atoms with Crippen LogP contribution in [-0.4, -0.2) is 19.1 Å². The van der Waals surface area contributed by atoms with Gasteiger partial charge in [-0.3, -0.25) is 4.79 Å². The van der Waals surface area contributed by atoms with Gasteiger partial charge in [-0.1, -0.05) is 12.1 Å². The van der Waals surface area contributed by atoms with Crippen LogP contribution in [0.3, 0.4) is 0 Å². The topological polar surface area (TPSA) is 64.3 Å². The molecule has 4 heteroatoms. The predicted molar refractivity (Wildman–Crippen MR) is 63.9 cm³/mol. The largest absolute Gasteiger partial charge is 0.399 e. The quantitative estimate of drug-likeness (QED) is 0.736. The second-order valence-corrected chi connectivity index (χ2v) is 3.55. The number of nitrogens with one attached hydrogen (secondary N) is 1. The third-order valence-corrected chi connectivity index (χ3v) is 2.40. The number of nitrogens with two attached hydrogens (primary N) is 1. The summed E-state index contributed by atoms with van der Waals surface area (Å²) in [5, 5.41) is 2.78. The molecule has 0 bridgehead atoms. The summed E-state index contributed by atoms with van der Waals surface area (Å²) in [6.07, 6.45) is 0. The number of benzene rings is 1. The highest BCUT2D eigenvalue weighted by atomic mass is 16.5. The second kappa shape index (κ2) is 6.12. The van der Waals surface area contributed by atoms with Gasteiger partial charge in [0.05, 0.1) is 0 Å². The highest BCUT2D eigenvalue weighted by Gasteiger charge is 2.04. The van der Waals surface area contributed by atoms with E-state index in [-0.39, 0.29) is 12.5 Å². The smallest absolute Gasteiger partial charge is 0.246 e. The molecule has 1 rings (SSSR count). The van der Waals surface area contributed by atoms with E-state index in [1.807, 2.05) is 32.0 Å². The molecule has 0 atom stereocenters. The molecule has 0 aliphatic carbocycles. The molecule has 1 aromatic rings. The van der Waals surface area contributed by atoms with Crippen molar-refractivity contribution in [2.75, 3.05) is 18.9 Å². The lowest BCUT2D eigenvalue weighted by molar-refractivity contribution is -0.125. The molecular weight excluding hydrogens is 204 g/mol. The minimum absolute atomic E-state index is 0.108. The van der Waals surface area contributed by atoms with E-state index in [4.69, 9.17) is 10.5 Å². The lowest BCUT2D eigenvalue weighted by Gasteiger charge is -2.09. The molecule has 4 nitrogen and oxygen atoms in total. The van der Waals surface area contributed by atoms with Crippen LogP contribution in [0.1, 0.15) is 18.1 Å². The molecule has 0 fully saturated rings. The zero-order valence-corrected chi connectivity index (χ0v) is 9.75. The van der Waals surface area contributed by atoms with Gasteiger partial charge in [0.1, 0.15) is 6.61 Å². The van der Waals surface area contributed by atoms with Crippen molar-refractivity contribution in [1.82, 2.24) is 5.32 Å². The predicted octanol–water partition coefficient (Wildman–Crippen LogP) is 1.23. The average Bonchev–Trinajstić information content (AvgIpc) is 2.28. The molecule has 0 heterocycles. The Balaban J connectivity index is 2.48. The minimum atomic E-state index is -0.108. The molecule has 0 aromatic heterocycles. The van der Waals surface area contributed by atoms with Gasteiger partial charge in [-0.2, -0.15) is 0 Å². The van der Waals surface area contributed by atoms with Crippen molar-refractivity contribution in [3.05, 3.63) is 29.3 Å². The Hall–Kier alpha value is -1.55. The molecule has 0 unspecified atom stereocenters. The lowest BCUT2D eigenvalue weighted by Crippen LogP contribution is -2.27. The van der Waals surface area contributed by atoms with Gasteiger partial charge in [0.2, 0.25) is 5.91 Å². The van der Waals surface area contributed by atoms with E-state index >= 15 is 0 Å². The van der Waals surface area contributed by atoms with Crippen LogP contribution in [0.4, 0.5) is 5.69 Å². The number of carbonyl (C=O) groups is 1. The van der Waals surface area contributed by atoms with Gasteiger partial charge in [0.15, 0.2) is 0 Å². The maximum Gasteiger partial charge on any atom is 0.246 e. The highest BCUT2D eigenvalue weighted by Crippen LogP contribution is 2.14. The van der Waals surface area contributed by atoms with Crippen molar-refractivity contribution in [3.63, 3.8) is 0 Å². The monoisotopic (exact) mass is 222 g/mol. The Morgan fingerprint density at radius 3 is 2.94 bits per heavy atom. The van der Waals surface area contributed by atoms with Gasteiger partial charge < -0.3 is 15.8 Å². The Kier molecular flexibility index (Phi) is 4.79. The first-order valence-corrected chi connectivity index (χ1v) is 5.33. The van der Waals surface area contributed by atoms with Crippen molar-refractivity contribution >= 4 is 11.6 Å². The molecule has 0 saturated carbocycles. The summed E-state index contributed by atoms with van der Waals surface area (Å²) >= 11 is 0. The van der Waals surface area contributed by atoms with Crippen LogP contribution >= 0.6 is 0 Å². The van der Waals surface area contributed by atoms with Crippen molar-refractivity contribution < 1.29 is 9.53 Å². The fraction of sp³-hybridized carbons (Fsp3) is 0.417. The third-order valence-electron chi connectivity index (χ3n) is 2.40. The molecular formula is C12H18N2O2. The molecule has 0 saturated heterocycles. The molecule has 0 aliphatic rings. The van der Waals surface area contributed by atoms with Crippen molar-refractivity contribution in [1.29, 1.82) is 0 Å². The van der Waals surface area contributed by atoms with Crippen LogP contribution in [0.2, 0.25) is 0 Å². The minimum Gasteiger partial charge on any atom is -0.399 e. The molecule has 3 N–H and O–H groups in total. The Morgan fingerprint density at radius 1 is 1.50 bits per heavy atom. The number of rotatable bonds is 5. The zero-order chi connectivity index (χ0) is 12.0. The van der Waals surface area contributed by atoms with Crippen molar-refractivity contribution in [2.24, 2.45) is 0 Å². The summed E-state index contributed by atoms with van der Waals surface area (Å²) in [5.74, 6) is -0.108.